The minimum atomic E-state index is -1.49. The zero-order chi connectivity index (χ0) is 16.8. The second kappa shape index (κ2) is 5.54. The maximum atomic E-state index is 11.9. The summed E-state index contributed by atoms with van der Waals surface area (Å²) >= 11 is 6.51. The van der Waals surface area contributed by atoms with Crippen LogP contribution in [-0.4, -0.2) is 48.4 Å². The molecule has 1 aliphatic heterocycles. The lowest BCUT2D eigenvalue weighted by Crippen LogP contribution is -2.41. The standard InChI is InChI=1S/C14H15ClN4O4/c1-2-4-14(15)9(21)8(6-20)23-12(14)19-5-3-7-10(19)17-13(16)18-11(7)22/h3,5,8-9,12,20-21H,6H2,1H3,(H3,16,17,18,22)/t8-,9+,12-,14?/m1/s1. The molecule has 5 N–H and O–H groups in total. The quantitative estimate of drug-likeness (QED) is 0.434. The van der Waals surface area contributed by atoms with Gasteiger partial charge < -0.3 is 25.3 Å². The lowest BCUT2D eigenvalue weighted by molar-refractivity contribution is -0.0435. The van der Waals surface area contributed by atoms with Crippen LogP contribution < -0.4 is 11.3 Å². The lowest BCUT2D eigenvalue weighted by Gasteiger charge is -2.25. The van der Waals surface area contributed by atoms with E-state index in [0.29, 0.717) is 5.39 Å². The summed E-state index contributed by atoms with van der Waals surface area (Å²) < 4.78 is 7.14. The van der Waals surface area contributed by atoms with Crippen molar-refractivity contribution in [3.8, 4) is 11.8 Å². The van der Waals surface area contributed by atoms with Crippen LogP contribution in [0, 0.1) is 11.8 Å². The van der Waals surface area contributed by atoms with E-state index in [1.54, 1.807) is 19.2 Å². The molecule has 8 nitrogen and oxygen atoms in total. The Labute approximate surface area is 135 Å². The first-order chi connectivity index (χ1) is 10.9. The van der Waals surface area contributed by atoms with E-state index in [2.05, 4.69) is 21.8 Å². The number of alkyl halides is 1. The third kappa shape index (κ3) is 2.29. The summed E-state index contributed by atoms with van der Waals surface area (Å²) in [5, 5.41) is 20.0. The van der Waals surface area contributed by atoms with Crippen LogP contribution in [0.3, 0.4) is 0 Å². The highest BCUT2D eigenvalue weighted by molar-refractivity contribution is 6.27. The molecular formula is C14H15ClN4O4. The first kappa shape index (κ1) is 15.8. The Morgan fingerprint density at radius 2 is 2.39 bits per heavy atom. The Kier molecular flexibility index (Phi) is 3.82. The number of H-pyrrole nitrogens is 1. The number of aliphatic hydroxyl groups is 2. The largest absolute Gasteiger partial charge is 0.394 e. The van der Waals surface area contributed by atoms with Crippen LogP contribution in [0.1, 0.15) is 13.2 Å². The zero-order valence-corrected chi connectivity index (χ0v) is 12.9. The van der Waals surface area contributed by atoms with Gasteiger partial charge in [0.25, 0.3) is 5.56 Å². The number of nitrogens with two attached hydrogens (primary N) is 1. The second-order valence-electron chi connectivity index (χ2n) is 5.21. The van der Waals surface area contributed by atoms with Crippen LogP contribution in [0.5, 0.6) is 0 Å². The van der Waals surface area contributed by atoms with E-state index in [1.807, 2.05) is 0 Å². The molecule has 0 bridgehead atoms. The van der Waals surface area contributed by atoms with Gasteiger partial charge in [0.2, 0.25) is 5.95 Å². The molecule has 4 atom stereocenters. The van der Waals surface area contributed by atoms with E-state index < -0.39 is 35.5 Å². The van der Waals surface area contributed by atoms with E-state index in [4.69, 9.17) is 22.1 Å². The van der Waals surface area contributed by atoms with Crippen LogP contribution in [0.25, 0.3) is 11.0 Å². The number of aromatic nitrogens is 3. The summed E-state index contributed by atoms with van der Waals surface area (Å²) in [6.45, 7) is 1.15. The fraction of sp³-hybridized carbons (Fsp3) is 0.429. The Hall–Kier alpha value is -2.05. The Morgan fingerprint density at radius 1 is 1.65 bits per heavy atom. The summed E-state index contributed by atoms with van der Waals surface area (Å²) in [4.78, 5) is 16.9. The van der Waals surface area contributed by atoms with Crippen molar-refractivity contribution in [2.75, 3.05) is 12.3 Å². The highest BCUT2D eigenvalue weighted by Gasteiger charge is 2.55. The average molecular weight is 339 g/mol. The molecule has 0 radical (unpaired) electrons. The number of hydrogen-bond acceptors (Lipinski definition) is 6. The van der Waals surface area contributed by atoms with Gasteiger partial charge in [0.1, 0.15) is 12.2 Å². The monoisotopic (exact) mass is 338 g/mol. The molecule has 2 aromatic heterocycles. The number of rotatable bonds is 2. The molecule has 1 unspecified atom stereocenters. The highest BCUT2D eigenvalue weighted by Crippen LogP contribution is 2.44. The molecule has 0 aromatic carbocycles. The third-order valence-corrected chi connectivity index (χ3v) is 4.30. The number of aromatic amines is 1. The molecule has 9 heteroatoms. The van der Waals surface area contributed by atoms with Gasteiger partial charge in [-0.3, -0.25) is 9.78 Å². The molecule has 1 fully saturated rings. The Morgan fingerprint density at radius 3 is 3.04 bits per heavy atom. The number of halogens is 1. The molecule has 1 saturated heterocycles. The van der Waals surface area contributed by atoms with Gasteiger partial charge >= 0.3 is 0 Å². The van der Waals surface area contributed by atoms with Gasteiger partial charge in [0.15, 0.2) is 16.7 Å². The first-order valence-electron chi connectivity index (χ1n) is 6.86. The number of nitrogen functional groups attached to an aromatic ring is 1. The highest BCUT2D eigenvalue weighted by atomic mass is 35.5. The van der Waals surface area contributed by atoms with Gasteiger partial charge in [-0.15, -0.1) is 5.92 Å². The van der Waals surface area contributed by atoms with Gasteiger partial charge in [-0.1, -0.05) is 17.5 Å². The topological polar surface area (TPSA) is 126 Å². The first-order valence-corrected chi connectivity index (χ1v) is 7.23. The molecule has 2 aromatic rings. The Bertz CT molecular complexity index is 867. The number of aliphatic hydroxyl groups excluding tert-OH is 2. The number of nitrogens with one attached hydrogen (secondary N) is 1. The van der Waals surface area contributed by atoms with Crippen molar-refractivity contribution < 1.29 is 14.9 Å². The van der Waals surface area contributed by atoms with E-state index in [9.17, 15) is 15.0 Å². The summed E-state index contributed by atoms with van der Waals surface area (Å²) in [6, 6.07) is 1.54. The van der Waals surface area contributed by atoms with Crippen molar-refractivity contribution in [3.63, 3.8) is 0 Å². The normalized spacial score (nSPS) is 30.3. The van der Waals surface area contributed by atoms with Gasteiger partial charge in [-0.2, -0.15) is 4.98 Å². The number of ether oxygens (including phenoxy) is 1. The summed E-state index contributed by atoms with van der Waals surface area (Å²) in [7, 11) is 0. The average Bonchev–Trinajstić information content (AvgIpc) is 3.01. The fourth-order valence-corrected chi connectivity index (χ4v) is 3.13. The van der Waals surface area contributed by atoms with Crippen molar-refractivity contribution in [1.82, 2.24) is 14.5 Å². The molecule has 23 heavy (non-hydrogen) atoms. The van der Waals surface area contributed by atoms with Crippen LogP contribution >= 0.6 is 11.6 Å². The van der Waals surface area contributed by atoms with Crippen molar-refractivity contribution in [1.29, 1.82) is 0 Å². The van der Waals surface area contributed by atoms with Crippen molar-refractivity contribution in [3.05, 3.63) is 22.6 Å². The smallest absolute Gasteiger partial charge is 0.261 e. The predicted molar refractivity (Wildman–Crippen MR) is 83.8 cm³/mol. The Balaban J connectivity index is 2.20. The van der Waals surface area contributed by atoms with Gasteiger partial charge in [-0.05, 0) is 13.0 Å². The van der Waals surface area contributed by atoms with Crippen molar-refractivity contribution in [2.45, 2.75) is 30.2 Å². The summed E-state index contributed by atoms with van der Waals surface area (Å²) in [5.74, 6) is 5.33. The van der Waals surface area contributed by atoms with Crippen LogP contribution in [0.4, 0.5) is 5.95 Å². The molecule has 1 aliphatic rings. The molecule has 122 valence electrons. The minimum Gasteiger partial charge on any atom is -0.394 e. The lowest BCUT2D eigenvalue weighted by atomic mass is 9.99. The summed E-state index contributed by atoms with van der Waals surface area (Å²) in [6.07, 6.45) is -1.52. The van der Waals surface area contributed by atoms with Crippen LogP contribution in [-0.2, 0) is 4.74 Å². The molecule has 3 rings (SSSR count). The third-order valence-electron chi connectivity index (χ3n) is 3.79. The predicted octanol–water partition coefficient (Wildman–Crippen LogP) is -0.442. The van der Waals surface area contributed by atoms with E-state index in [-0.39, 0.29) is 11.6 Å². The maximum absolute atomic E-state index is 11.9. The van der Waals surface area contributed by atoms with Crippen LogP contribution in [0.15, 0.2) is 17.1 Å². The number of anilines is 1. The molecule has 3 heterocycles. The fourth-order valence-electron chi connectivity index (χ4n) is 2.74. The molecule has 0 amide bonds. The van der Waals surface area contributed by atoms with Gasteiger partial charge in [0.05, 0.1) is 12.0 Å². The zero-order valence-electron chi connectivity index (χ0n) is 12.2. The van der Waals surface area contributed by atoms with E-state index >= 15 is 0 Å². The number of hydrogen-bond donors (Lipinski definition) is 4. The summed E-state index contributed by atoms with van der Waals surface area (Å²) in [5.41, 5.74) is 5.44. The van der Waals surface area contributed by atoms with Crippen molar-refractivity contribution in [2.24, 2.45) is 0 Å². The van der Waals surface area contributed by atoms with E-state index in [0.717, 1.165) is 0 Å². The molecular weight excluding hydrogens is 324 g/mol. The van der Waals surface area contributed by atoms with Gasteiger partial charge in [-0.25, -0.2) is 0 Å². The number of fused-ring (bicyclic) bond motifs is 1. The molecule has 0 spiro atoms. The molecule has 0 aliphatic carbocycles. The van der Waals surface area contributed by atoms with Gasteiger partial charge in [0, 0.05) is 6.20 Å². The number of nitrogens with zero attached hydrogens (tertiary/aromatic N) is 2. The van der Waals surface area contributed by atoms with Crippen LogP contribution in [0.2, 0.25) is 0 Å². The molecule has 0 saturated carbocycles. The SMILES string of the molecule is CC#CC1(Cl)[C@@H](O)[C@@H](CO)O[C@H]1n1ccc2c(=O)[nH]c(N)nc21. The maximum Gasteiger partial charge on any atom is 0.261 e. The van der Waals surface area contributed by atoms with E-state index in [1.165, 1.54) is 4.57 Å². The second-order valence-corrected chi connectivity index (χ2v) is 5.83. The van der Waals surface area contributed by atoms with Crippen molar-refractivity contribution >= 4 is 28.6 Å². The minimum absolute atomic E-state index is 0.0542.